The van der Waals surface area contributed by atoms with Crippen LogP contribution in [0, 0.1) is 10.1 Å². The molecule has 0 aliphatic carbocycles. The van der Waals surface area contributed by atoms with Gasteiger partial charge in [-0.05, 0) is 36.4 Å². The maximum Gasteiger partial charge on any atom is 0.287 e. The second kappa shape index (κ2) is 8.58. The van der Waals surface area contributed by atoms with Crippen molar-refractivity contribution in [2.75, 3.05) is 11.9 Å². The van der Waals surface area contributed by atoms with Gasteiger partial charge in [0.25, 0.3) is 11.6 Å². The molecule has 3 aromatic rings. The molecule has 1 aromatic carbocycles. The molecule has 3 rings (SSSR count). The van der Waals surface area contributed by atoms with Gasteiger partial charge in [-0.2, -0.15) is 0 Å². The molecule has 0 spiro atoms. The lowest BCUT2D eigenvalue weighted by Gasteiger charge is -2.05. The van der Waals surface area contributed by atoms with E-state index < -0.39 is 10.8 Å². The van der Waals surface area contributed by atoms with Crippen LogP contribution in [0.2, 0.25) is 0 Å². The van der Waals surface area contributed by atoms with Crippen LogP contribution in [0.1, 0.15) is 17.0 Å². The minimum Gasteiger partial charge on any atom is -0.451 e. The van der Waals surface area contributed by atoms with Gasteiger partial charge in [0.1, 0.15) is 11.6 Å². The van der Waals surface area contributed by atoms with Crippen LogP contribution < -0.4 is 10.6 Å². The summed E-state index contributed by atoms with van der Waals surface area (Å²) in [6.07, 6.45) is 1.65. The molecule has 2 N–H and O–H groups in total. The number of hydrogen-bond acceptors (Lipinski definition) is 6. The molecule has 0 atom stereocenters. The first-order valence-electron chi connectivity index (χ1n) is 8.36. The third-order valence-corrected chi connectivity index (χ3v) is 3.76. The predicted octanol–water partition coefficient (Wildman–Crippen LogP) is 3.01. The molecule has 0 aliphatic rings. The van der Waals surface area contributed by atoms with Crippen molar-refractivity contribution in [1.29, 1.82) is 0 Å². The summed E-state index contributed by atoms with van der Waals surface area (Å²) in [5, 5.41) is 15.9. The summed E-state index contributed by atoms with van der Waals surface area (Å²) < 4.78 is 5.49. The zero-order valence-electron chi connectivity index (χ0n) is 14.6. The van der Waals surface area contributed by atoms with Crippen molar-refractivity contribution in [3.05, 3.63) is 76.7 Å². The van der Waals surface area contributed by atoms with E-state index in [4.69, 9.17) is 4.42 Å². The number of carbonyl (C=O) groups is 2. The molecule has 28 heavy (non-hydrogen) atoms. The number of benzene rings is 1. The SMILES string of the molecule is O=C(CCNC(=O)c1ccc(-c2ccc([N+](=O)[O-])cc2)o1)Nc1ccccn1. The van der Waals surface area contributed by atoms with Crippen molar-refractivity contribution in [2.45, 2.75) is 6.42 Å². The molecular formula is C19H16N4O5. The number of nitrogens with zero attached hydrogens (tertiary/aromatic N) is 2. The summed E-state index contributed by atoms with van der Waals surface area (Å²) in [4.78, 5) is 38.1. The molecule has 2 aromatic heterocycles. The molecule has 0 saturated carbocycles. The number of rotatable bonds is 7. The van der Waals surface area contributed by atoms with E-state index in [0.717, 1.165) is 0 Å². The van der Waals surface area contributed by atoms with Crippen molar-refractivity contribution in [3.8, 4) is 11.3 Å². The fourth-order valence-electron chi connectivity index (χ4n) is 2.38. The van der Waals surface area contributed by atoms with E-state index in [1.807, 2.05) is 0 Å². The Morgan fingerprint density at radius 2 is 1.86 bits per heavy atom. The van der Waals surface area contributed by atoms with Crippen molar-refractivity contribution in [2.24, 2.45) is 0 Å². The molecule has 0 radical (unpaired) electrons. The van der Waals surface area contributed by atoms with Gasteiger partial charge in [-0.3, -0.25) is 19.7 Å². The number of nitro benzene ring substituents is 1. The van der Waals surface area contributed by atoms with E-state index in [0.29, 0.717) is 17.1 Å². The van der Waals surface area contributed by atoms with Crippen molar-refractivity contribution < 1.29 is 18.9 Å². The van der Waals surface area contributed by atoms with Crippen LogP contribution in [0.25, 0.3) is 11.3 Å². The standard InChI is InChI=1S/C19H16N4O5/c24-18(22-17-3-1-2-11-20-17)10-12-21-19(25)16-9-8-15(28-16)13-4-6-14(7-5-13)23(26)27/h1-9,11H,10,12H2,(H,21,25)(H,20,22,24). The maximum atomic E-state index is 12.1. The van der Waals surface area contributed by atoms with E-state index in [-0.39, 0.29) is 30.3 Å². The number of nitro groups is 1. The second-order valence-electron chi connectivity index (χ2n) is 5.74. The fraction of sp³-hybridized carbons (Fsp3) is 0.105. The van der Waals surface area contributed by atoms with E-state index in [9.17, 15) is 19.7 Å². The Labute approximate surface area is 159 Å². The van der Waals surface area contributed by atoms with Gasteiger partial charge in [-0.15, -0.1) is 0 Å². The lowest BCUT2D eigenvalue weighted by atomic mass is 10.1. The van der Waals surface area contributed by atoms with Crippen LogP contribution in [0.15, 0.2) is 65.2 Å². The Bertz CT molecular complexity index is 983. The lowest BCUT2D eigenvalue weighted by Crippen LogP contribution is -2.27. The molecule has 9 heteroatoms. The smallest absolute Gasteiger partial charge is 0.287 e. The highest BCUT2D eigenvalue weighted by Gasteiger charge is 2.13. The number of anilines is 1. The first-order chi connectivity index (χ1) is 13.5. The average Bonchev–Trinajstić information content (AvgIpc) is 3.19. The van der Waals surface area contributed by atoms with Crippen LogP contribution in [0.4, 0.5) is 11.5 Å². The highest BCUT2D eigenvalue weighted by Crippen LogP contribution is 2.24. The molecule has 2 heterocycles. The molecule has 0 unspecified atom stereocenters. The van der Waals surface area contributed by atoms with Gasteiger partial charge in [0.15, 0.2) is 5.76 Å². The van der Waals surface area contributed by atoms with Crippen LogP contribution in [-0.4, -0.2) is 28.3 Å². The Morgan fingerprint density at radius 1 is 1.07 bits per heavy atom. The summed E-state index contributed by atoms with van der Waals surface area (Å²) in [5.74, 6) is 0.202. The number of furan rings is 1. The highest BCUT2D eigenvalue weighted by molar-refractivity contribution is 5.93. The quantitative estimate of drug-likeness (QED) is 0.479. The summed E-state index contributed by atoms with van der Waals surface area (Å²) in [7, 11) is 0. The maximum absolute atomic E-state index is 12.1. The molecule has 0 bridgehead atoms. The Kier molecular flexibility index (Phi) is 5.75. The Balaban J connectivity index is 1.51. The van der Waals surface area contributed by atoms with E-state index in [1.54, 1.807) is 42.6 Å². The van der Waals surface area contributed by atoms with Gasteiger partial charge in [0, 0.05) is 36.9 Å². The third-order valence-electron chi connectivity index (χ3n) is 3.76. The van der Waals surface area contributed by atoms with Crippen LogP contribution in [0.5, 0.6) is 0 Å². The summed E-state index contributed by atoms with van der Waals surface area (Å²) in [6.45, 7) is 0.130. The van der Waals surface area contributed by atoms with E-state index in [1.165, 1.54) is 18.2 Å². The first-order valence-corrected chi connectivity index (χ1v) is 8.36. The molecule has 2 amide bonds. The van der Waals surface area contributed by atoms with Gasteiger partial charge < -0.3 is 15.1 Å². The second-order valence-corrected chi connectivity index (χ2v) is 5.74. The molecule has 142 valence electrons. The normalized spacial score (nSPS) is 10.3. The van der Waals surface area contributed by atoms with E-state index >= 15 is 0 Å². The van der Waals surface area contributed by atoms with Crippen molar-refractivity contribution in [1.82, 2.24) is 10.3 Å². The topological polar surface area (TPSA) is 127 Å². The highest BCUT2D eigenvalue weighted by atomic mass is 16.6. The number of nitrogens with one attached hydrogen (secondary N) is 2. The molecule has 0 aliphatic heterocycles. The molecular weight excluding hydrogens is 364 g/mol. The minimum atomic E-state index is -0.491. The Hall–Kier alpha value is -4.01. The molecule has 9 nitrogen and oxygen atoms in total. The third kappa shape index (κ3) is 4.79. The number of aromatic nitrogens is 1. The largest absolute Gasteiger partial charge is 0.451 e. The predicted molar refractivity (Wildman–Crippen MR) is 101 cm³/mol. The van der Waals surface area contributed by atoms with Gasteiger partial charge in [-0.1, -0.05) is 6.07 Å². The van der Waals surface area contributed by atoms with Gasteiger partial charge >= 0.3 is 0 Å². The summed E-state index contributed by atoms with van der Waals surface area (Å²) in [5.41, 5.74) is 0.580. The number of non-ortho nitro benzene ring substituents is 1. The molecule has 0 saturated heterocycles. The number of pyridine rings is 1. The van der Waals surface area contributed by atoms with Crippen LogP contribution >= 0.6 is 0 Å². The van der Waals surface area contributed by atoms with Gasteiger partial charge in [0.2, 0.25) is 5.91 Å². The zero-order valence-corrected chi connectivity index (χ0v) is 14.6. The van der Waals surface area contributed by atoms with E-state index in [2.05, 4.69) is 15.6 Å². The lowest BCUT2D eigenvalue weighted by molar-refractivity contribution is -0.384. The summed E-state index contributed by atoms with van der Waals surface area (Å²) in [6, 6.07) is 14.1. The monoisotopic (exact) mass is 380 g/mol. The minimum absolute atomic E-state index is 0.0303. The van der Waals surface area contributed by atoms with Gasteiger partial charge in [0.05, 0.1) is 4.92 Å². The van der Waals surface area contributed by atoms with Gasteiger partial charge in [-0.25, -0.2) is 4.98 Å². The van der Waals surface area contributed by atoms with Crippen molar-refractivity contribution >= 4 is 23.3 Å². The number of hydrogen-bond donors (Lipinski definition) is 2. The summed E-state index contributed by atoms with van der Waals surface area (Å²) >= 11 is 0. The average molecular weight is 380 g/mol. The van der Waals surface area contributed by atoms with Crippen LogP contribution in [-0.2, 0) is 4.79 Å². The Morgan fingerprint density at radius 3 is 2.54 bits per heavy atom. The first kappa shape index (κ1) is 18.8. The van der Waals surface area contributed by atoms with Crippen LogP contribution in [0.3, 0.4) is 0 Å². The molecule has 0 fully saturated rings. The fourth-order valence-corrected chi connectivity index (χ4v) is 2.38. The number of amides is 2. The number of carbonyl (C=O) groups excluding carboxylic acids is 2. The van der Waals surface area contributed by atoms with Crippen molar-refractivity contribution in [3.63, 3.8) is 0 Å². The zero-order chi connectivity index (χ0) is 19.9.